The molecular weight excluding hydrogens is 244 g/mol. The number of aromatic hydroxyl groups is 1. The first kappa shape index (κ1) is 15.5. The fourth-order valence-corrected chi connectivity index (χ4v) is 1.95. The van der Waals surface area contributed by atoms with Gasteiger partial charge in [0, 0.05) is 13.1 Å². The van der Waals surface area contributed by atoms with Gasteiger partial charge in [0.1, 0.15) is 5.75 Å². The predicted molar refractivity (Wildman–Crippen MR) is 74.4 cm³/mol. The smallest absolute Gasteiger partial charge is 0.255 e. The molecule has 1 aromatic rings. The predicted octanol–water partition coefficient (Wildman–Crippen LogP) is 0.743. The molecule has 1 atom stereocenters. The topological polar surface area (TPSA) is 72.8 Å². The van der Waals surface area contributed by atoms with Crippen LogP contribution >= 0.6 is 0 Å². The lowest BCUT2D eigenvalue weighted by Gasteiger charge is -2.27. The maximum atomic E-state index is 12.0. The number of amides is 1. The van der Waals surface area contributed by atoms with Crippen molar-refractivity contribution in [2.45, 2.75) is 19.4 Å². The Morgan fingerprint density at radius 1 is 1.42 bits per heavy atom. The van der Waals surface area contributed by atoms with E-state index in [1.807, 2.05) is 19.0 Å². The van der Waals surface area contributed by atoms with E-state index in [1.165, 1.54) is 0 Å². The summed E-state index contributed by atoms with van der Waals surface area (Å²) in [5.41, 5.74) is -0.146. The summed E-state index contributed by atoms with van der Waals surface area (Å²) in [6.07, 6.45) is 0. The van der Waals surface area contributed by atoms with Gasteiger partial charge in [-0.2, -0.15) is 0 Å². The summed E-state index contributed by atoms with van der Waals surface area (Å²) in [7, 11) is 3.70. The summed E-state index contributed by atoms with van der Waals surface area (Å²) >= 11 is 0. The van der Waals surface area contributed by atoms with Crippen molar-refractivity contribution >= 4 is 5.91 Å². The number of aliphatic hydroxyl groups is 1. The fraction of sp³-hybridized carbons (Fsp3) is 0.500. The molecule has 0 heterocycles. The molecule has 106 valence electrons. The first-order valence-corrected chi connectivity index (χ1v) is 6.17. The molecule has 5 nitrogen and oxygen atoms in total. The quantitative estimate of drug-likeness (QED) is 0.735. The standard InChI is InChI=1S/C14H22N2O3/c1-10-6-5-7-11(12(10)17)13(18)15-8-14(2,19)9-16(3)4/h5-7,17,19H,8-9H2,1-4H3,(H,15,18). The Bertz CT molecular complexity index is 456. The van der Waals surface area contributed by atoms with Crippen molar-refractivity contribution in [3.05, 3.63) is 29.3 Å². The Hall–Kier alpha value is -1.59. The highest BCUT2D eigenvalue weighted by Gasteiger charge is 2.23. The average molecular weight is 266 g/mol. The van der Waals surface area contributed by atoms with Gasteiger partial charge in [0.15, 0.2) is 0 Å². The van der Waals surface area contributed by atoms with Gasteiger partial charge >= 0.3 is 0 Å². The van der Waals surface area contributed by atoms with E-state index in [2.05, 4.69) is 5.32 Å². The molecule has 0 fully saturated rings. The molecule has 0 aliphatic carbocycles. The van der Waals surface area contributed by atoms with Crippen LogP contribution in [0, 0.1) is 6.92 Å². The third kappa shape index (κ3) is 4.54. The van der Waals surface area contributed by atoms with E-state index in [1.54, 1.807) is 32.0 Å². The number of benzene rings is 1. The summed E-state index contributed by atoms with van der Waals surface area (Å²) in [6.45, 7) is 3.95. The third-order valence-corrected chi connectivity index (χ3v) is 2.77. The second kappa shape index (κ2) is 6.04. The van der Waals surface area contributed by atoms with Gasteiger partial charge in [-0.15, -0.1) is 0 Å². The van der Waals surface area contributed by atoms with Crippen LogP contribution in [0.2, 0.25) is 0 Å². The number of rotatable bonds is 5. The van der Waals surface area contributed by atoms with Crippen LogP contribution in [0.25, 0.3) is 0 Å². The summed E-state index contributed by atoms with van der Waals surface area (Å²) < 4.78 is 0. The van der Waals surface area contributed by atoms with Crippen LogP contribution in [0.4, 0.5) is 0 Å². The number of hydrogen-bond acceptors (Lipinski definition) is 4. The highest BCUT2D eigenvalue weighted by molar-refractivity contribution is 5.97. The molecule has 0 bridgehead atoms. The van der Waals surface area contributed by atoms with Crippen LogP contribution in [0.3, 0.4) is 0 Å². The minimum atomic E-state index is -1.02. The lowest BCUT2D eigenvalue weighted by Crippen LogP contribution is -2.47. The van der Waals surface area contributed by atoms with Crippen LogP contribution in [0.15, 0.2) is 18.2 Å². The molecule has 1 aromatic carbocycles. The van der Waals surface area contributed by atoms with Crippen LogP contribution in [-0.4, -0.2) is 53.8 Å². The number of hydrogen-bond donors (Lipinski definition) is 3. The number of nitrogens with one attached hydrogen (secondary N) is 1. The number of phenolic OH excluding ortho intramolecular Hbond substituents is 1. The van der Waals surface area contributed by atoms with Crippen molar-refractivity contribution in [2.24, 2.45) is 0 Å². The van der Waals surface area contributed by atoms with Crippen LogP contribution in [0.5, 0.6) is 5.75 Å². The molecule has 0 saturated heterocycles. The van der Waals surface area contributed by atoms with Crippen molar-refractivity contribution in [1.82, 2.24) is 10.2 Å². The zero-order valence-electron chi connectivity index (χ0n) is 11.9. The van der Waals surface area contributed by atoms with Gasteiger partial charge in [-0.25, -0.2) is 0 Å². The van der Waals surface area contributed by atoms with E-state index in [0.717, 1.165) is 0 Å². The molecule has 1 rings (SSSR count). The second-order valence-electron chi connectivity index (χ2n) is 5.39. The van der Waals surface area contributed by atoms with E-state index >= 15 is 0 Å². The summed E-state index contributed by atoms with van der Waals surface area (Å²) in [6, 6.07) is 4.99. The fourth-order valence-electron chi connectivity index (χ4n) is 1.95. The minimum absolute atomic E-state index is 0.0211. The molecule has 0 aliphatic rings. The lowest BCUT2D eigenvalue weighted by molar-refractivity contribution is 0.0325. The lowest BCUT2D eigenvalue weighted by atomic mass is 10.1. The molecule has 3 N–H and O–H groups in total. The van der Waals surface area contributed by atoms with Gasteiger partial charge in [-0.1, -0.05) is 12.1 Å². The van der Waals surface area contributed by atoms with E-state index in [0.29, 0.717) is 12.1 Å². The van der Waals surface area contributed by atoms with Crippen molar-refractivity contribution in [3.8, 4) is 5.75 Å². The van der Waals surface area contributed by atoms with E-state index in [4.69, 9.17) is 0 Å². The number of carbonyl (C=O) groups is 1. The molecule has 1 unspecified atom stereocenters. The SMILES string of the molecule is Cc1cccc(C(=O)NCC(C)(O)CN(C)C)c1O. The van der Waals surface area contributed by atoms with Crippen LogP contribution in [0.1, 0.15) is 22.8 Å². The van der Waals surface area contributed by atoms with Crippen molar-refractivity contribution in [3.63, 3.8) is 0 Å². The van der Waals surface area contributed by atoms with Crippen molar-refractivity contribution in [2.75, 3.05) is 27.2 Å². The van der Waals surface area contributed by atoms with Gasteiger partial charge in [0.2, 0.25) is 0 Å². The number of aryl methyl sites for hydroxylation is 1. The summed E-state index contributed by atoms with van der Waals surface area (Å²) in [5.74, 6) is -0.410. The number of phenols is 1. The number of likely N-dealkylation sites (N-methyl/N-ethyl adjacent to an activating group) is 1. The van der Waals surface area contributed by atoms with Crippen LogP contribution < -0.4 is 5.32 Å². The van der Waals surface area contributed by atoms with Crippen LogP contribution in [-0.2, 0) is 0 Å². The summed E-state index contributed by atoms with van der Waals surface area (Å²) in [5, 5.41) is 22.5. The molecule has 19 heavy (non-hydrogen) atoms. The van der Waals surface area contributed by atoms with E-state index in [9.17, 15) is 15.0 Å². The van der Waals surface area contributed by atoms with E-state index < -0.39 is 5.60 Å². The molecule has 0 aliphatic heterocycles. The third-order valence-electron chi connectivity index (χ3n) is 2.77. The second-order valence-corrected chi connectivity index (χ2v) is 5.39. The molecule has 0 spiro atoms. The first-order chi connectivity index (χ1) is 8.73. The maximum Gasteiger partial charge on any atom is 0.255 e. The molecule has 0 saturated carbocycles. The van der Waals surface area contributed by atoms with Crippen molar-refractivity contribution < 1.29 is 15.0 Å². The molecular formula is C14H22N2O3. The zero-order valence-corrected chi connectivity index (χ0v) is 11.9. The van der Waals surface area contributed by atoms with Gasteiger partial charge in [0.25, 0.3) is 5.91 Å². The van der Waals surface area contributed by atoms with Gasteiger partial charge in [-0.05, 0) is 39.6 Å². The van der Waals surface area contributed by atoms with Gasteiger partial charge in [0.05, 0.1) is 11.2 Å². The summed E-state index contributed by atoms with van der Waals surface area (Å²) in [4.78, 5) is 13.8. The van der Waals surface area contributed by atoms with E-state index in [-0.39, 0.29) is 23.8 Å². The number of para-hydroxylation sites is 1. The molecule has 0 radical (unpaired) electrons. The number of nitrogens with zero attached hydrogens (tertiary/aromatic N) is 1. The number of carbonyl (C=O) groups excluding carboxylic acids is 1. The Morgan fingerprint density at radius 2 is 2.05 bits per heavy atom. The first-order valence-electron chi connectivity index (χ1n) is 6.17. The van der Waals surface area contributed by atoms with Gasteiger partial charge < -0.3 is 20.4 Å². The highest BCUT2D eigenvalue weighted by Crippen LogP contribution is 2.21. The molecule has 0 aromatic heterocycles. The monoisotopic (exact) mass is 266 g/mol. The Labute approximate surface area is 113 Å². The largest absolute Gasteiger partial charge is 0.507 e. The molecule has 1 amide bonds. The minimum Gasteiger partial charge on any atom is -0.507 e. The molecule has 5 heteroatoms. The van der Waals surface area contributed by atoms with Crippen molar-refractivity contribution in [1.29, 1.82) is 0 Å². The highest BCUT2D eigenvalue weighted by atomic mass is 16.3. The Kier molecular flexibility index (Phi) is 4.91. The Morgan fingerprint density at radius 3 is 2.63 bits per heavy atom. The Balaban J connectivity index is 2.68. The zero-order chi connectivity index (χ0) is 14.6. The van der Waals surface area contributed by atoms with Gasteiger partial charge in [-0.3, -0.25) is 4.79 Å². The maximum absolute atomic E-state index is 12.0. The normalized spacial score (nSPS) is 14.2. The average Bonchev–Trinajstić information content (AvgIpc) is 2.28.